The Bertz CT molecular complexity index is 804. The molecule has 0 saturated heterocycles. The number of benzene rings is 2. The number of likely N-dealkylation sites (N-methyl/N-ethyl adjacent to an activating group) is 1. The topological polar surface area (TPSA) is 68.2 Å². The molecule has 1 amide bonds. The zero-order chi connectivity index (χ0) is 16.7. The van der Waals surface area contributed by atoms with Gasteiger partial charge in [-0.3, -0.25) is 4.79 Å². The summed E-state index contributed by atoms with van der Waals surface area (Å²) in [4.78, 5) is 14.4. The Hall–Kier alpha value is -2.89. The lowest BCUT2D eigenvalue weighted by atomic mass is 10.0. The van der Waals surface area contributed by atoms with E-state index in [4.69, 9.17) is 14.2 Å². The number of rotatable bonds is 3. The Balaban J connectivity index is 1.62. The van der Waals surface area contributed by atoms with Crippen molar-refractivity contribution in [3.63, 3.8) is 0 Å². The molecule has 0 saturated carbocycles. The number of phenols is 1. The van der Waals surface area contributed by atoms with Crippen LogP contribution in [0.1, 0.15) is 12.5 Å². The van der Waals surface area contributed by atoms with E-state index >= 15 is 0 Å². The van der Waals surface area contributed by atoms with Gasteiger partial charge < -0.3 is 24.2 Å². The molecule has 6 heteroatoms. The molecule has 2 heterocycles. The Morgan fingerprint density at radius 1 is 1.12 bits per heavy atom. The number of aromatic hydroxyl groups is 1. The molecule has 124 valence electrons. The molecule has 6 nitrogen and oxygen atoms in total. The Labute approximate surface area is 139 Å². The first-order chi connectivity index (χ1) is 11.7. The number of carbonyl (C=O) groups is 1. The van der Waals surface area contributed by atoms with Gasteiger partial charge in [-0.2, -0.15) is 0 Å². The first-order valence-electron chi connectivity index (χ1n) is 7.85. The minimum Gasteiger partial charge on any atom is -0.508 e. The summed E-state index contributed by atoms with van der Waals surface area (Å²) in [6.45, 7) is 2.67. The lowest BCUT2D eigenvalue weighted by Gasteiger charge is -2.33. The highest BCUT2D eigenvalue weighted by molar-refractivity contribution is 6.00. The van der Waals surface area contributed by atoms with E-state index in [1.165, 1.54) is 6.07 Å². The number of fused-ring (bicyclic) bond motifs is 2. The number of carbonyl (C=O) groups excluding carboxylic acids is 1. The van der Waals surface area contributed by atoms with Crippen molar-refractivity contribution in [1.82, 2.24) is 0 Å². The smallest absolute Gasteiger partial charge is 0.268 e. The summed E-state index contributed by atoms with van der Waals surface area (Å²) < 4.78 is 16.5. The van der Waals surface area contributed by atoms with Crippen molar-refractivity contribution in [1.29, 1.82) is 0 Å². The molecule has 24 heavy (non-hydrogen) atoms. The molecular formula is C18H17NO5. The molecule has 4 rings (SSSR count). The molecule has 1 unspecified atom stereocenters. The average molecular weight is 327 g/mol. The molecular weight excluding hydrogens is 310 g/mol. The van der Waals surface area contributed by atoms with E-state index < -0.39 is 6.10 Å². The molecule has 1 N–H and O–H groups in total. The number of phenolic OH excluding ortho intramolecular Hbond substituents is 1. The van der Waals surface area contributed by atoms with E-state index in [0.29, 0.717) is 35.9 Å². The molecule has 0 spiro atoms. The fraction of sp³-hybridized carbons (Fsp3) is 0.278. The average Bonchev–Trinajstić information content (AvgIpc) is 3.03. The fourth-order valence-corrected chi connectivity index (χ4v) is 3.05. The highest BCUT2D eigenvalue weighted by Gasteiger charge is 2.34. The fourth-order valence-electron chi connectivity index (χ4n) is 3.05. The number of amides is 1. The van der Waals surface area contributed by atoms with Crippen LogP contribution in [0.2, 0.25) is 0 Å². The normalized spacial score (nSPS) is 18.3. The minimum absolute atomic E-state index is 0.0895. The molecule has 1 atom stereocenters. The van der Waals surface area contributed by atoms with Crippen LogP contribution in [0.3, 0.4) is 0 Å². The predicted molar refractivity (Wildman–Crippen MR) is 86.8 cm³/mol. The van der Waals surface area contributed by atoms with Crippen LogP contribution in [0.4, 0.5) is 5.69 Å². The van der Waals surface area contributed by atoms with E-state index in [0.717, 1.165) is 5.56 Å². The van der Waals surface area contributed by atoms with E-state index in [9.17, 15) is 9.90 Å². The molecule has 2 aliphatic heterocycles. The second-order valence-corrected chi connectivity index (χ2v) is 5.73. The lowest BCUT2D eigenvalue weighted by Crippen LogP contribution is -2.46. The highest BCUT2D eigenvalue weighted by Crippen LogP contribution is 2.38. The van der Waals surface area contributed by atoms with Crippen molar-refractivity contribution in [3.8, 4) is 23.0 Å². The SMILES string of the molecule is CCN1C(=O)C(Cc2ccc3c(c2)OCO3)Oc2cc(O)ccc21. The van der Waals surface area contributed by atoms with Crippen LogP contribution in [-0.2, 0) is 11.2 Å². The summed E-state index contributed by atoms with van der Waals surface area (Å²) in [5.74, 6) is 1.93. The molecule has 0 bridgehead atoms. The van der Waals surface area contributed by atoms with Crippen LogP contribution in [-0.4, -0.2) is 30.5 Å². The maximum absolute atomic E-state index is 12.7. The summed E-state index contributed by atoms with van der Waals surface area (Å²) in [5, 5.41) is 9.68. The zero-order valence-electron chi connectivity index (χ0n) is 13.2. The third-order valence-electron chi connectivity index (χ3n) is 4.22. The van der Waals surface area contributed by atoms with Gasteiger partial charge in [0.05, 0.1) is 5.69 Å². The van der Waals surface area contributed by atoms with Gasteiger partial charge >= 0.3 is 0 Å². The zero-order valence-corrected chi connectivity index (χ0v) is 13.2. The number of nitrogens with zero attached hydrogens (tertiary/aromatic N) is 1. The summed E-state index contributed by atoms with van der Waals surface area (Å²) >= 11 is 0. The van der Waals surface area contributed by atoms with Crippen molar-refractivity contribution in [2.45, 2.75) is 19.4 Å². The number of hydrogen-bond acceptors (Lipinski definition) is 5. The van der Waals surface area contributed by atoms with Gasteiger partial charge in [0.15, 0.2) is 17.6 Å². The molecule has 0 radical (unpaired) electrons. The Morgan fingerprint density at radius 3 is 2.79 bits per heavy atom. The Morgan fingerprint density at radius 2 is 1.96 bits per heavy atom. The first-order valence-corrected chi connectivity index (χ1v) is 7.85. The van der Waals surface area contributed by atoms with Gasteiger partial charge in [0.1, 0.15) is 11.5 Å². The van der Waals surface area contributed by atoms with Crippen LogP contribution in [0.5, 0.6) is 23.0 Å². The van der Waals surface area contributed by atoms with Crippen molar-refractivity contribution in [2.75, 3.05) is 18.2 Å². The molecule has 0 fully saturated rings. The second kappa shape index (κ2) is 5.63. The summed E-state index contributed by atoms with van der Waals surface area (Å²) in [6, 6.07) is 10.4. The quantitative estimate of drug-likeness (QED) is 0.938. The van der Waals surface area contributed by atoms with Crippen molar-refractivity contribution < 1.29 is 24.1 Å². The third-order valence-corrected chi connectivity index (χ3v) is 4.22. The van der Waals surface area contributed by atoms with E-state index in [1.54, 1.807) is 17.0 Å². The van der Waals surface area contributed by atoms with E-state index in [2.05, 4.69) is 0 Å². The van der Waals surface area contributed by atoms with Crippen LogP contribution in [0, 0.1) is 0 Å². The van der Waals surface area contributed by atoms with Gasteiger partial charge in [0.25, 0.3) is 5.91 Å². The minimum atomic E-state index is -0.639. The van der Waals surface area contributed by atoms with E-state index in [1.807, 2.05) is 25.1 Å². The van der Waals surface area contributed by atoms with Gasteiger partial charge in [-0.15, -0.1) is 0 Å². The number of ether oxygens (including phenoxy) is 3. The predicted octanol–water partition coefficient (Wildman–Crippen LogP) is 2.48. The van der Waals surface area contributed by atoms with Crippen molar-refractivity contribution in [2.24, 2.45) is 0 Å². The van der Waals surface area contributed by atoms with Crippen LogP contribution in [0.25, 0.3) is 0 Å². The molecule has 0 aromatic heterocycles. The van der Waals surface area contributed by atoms with E-state index in [-0.39, 0.29) is 18.4 Å². The molecule has 2 aliphatic rings. The van der Waals surface area contributed by atoms with Crippen LogP contribution < -0.4 is 19.1 Å². The largest absolute Gasteiger partial charge is 0.508 e. The van der Waals surface area contributed by atoms with Gasteiger partial charge in [0, 0.05) is 19.0 Å². The summed E-state index contributed by atoms with van der Waals surface area (Å²) in [5.41, 5.74) is 1.61. The van der Waals surface area contributed by atoms with Crippen molar-refractivity contribution in [3.05, 3.63) is 42.0 Å². The van der Waals surface area contributed by atoms with Gasteiger partial charge in [0.2, 0.25) is 6.79 Å². The van der Waals surface area contributed by atoms with Gasteiger partial charge in [-0.1, -0.05) is 6.07 Å². The van der Waals surface area contributed by atoms with Crippen molar-refractivity contribution >= 4 is 11.6 Å². The lowest BCUT2D eigenvalue weighted by molar-refractivity contribution is -0.126. The van der Waals surface area contributed by atoms with Gasteiger partial charge in [-0.05, 0) is 36.8 Å². The summed E-state index contributed by atoms with van der Waals surface area (Å²) in [7, 11) is 0. The maximum Gasteiger partial charge on any atom is 0.268 e. The first kappa shape index (κ1) is 14.7. The van der Waals surface area contributed by atoms with Gasteiger partial charge in [-0.25, -0.2) is 0 Å². The number of hydrogen-bond donors (Lipinski definition) is 1. The third kappa shape index (κ3) is 2.40. The monoisotopic (exact) mass is 327 g/mol. The highest BCUT2D eigenvalue weighted by atomic mass is 16.7. The summed E-state index contributed by atoms with van der Waals surface area (Å²) in [6.07, 6.45) is -0.222. The second-order valence-electron chi connectivity index (χ2n) is 5.73. The Kier molecular flexibility index (Phi) is 3.45. The van der Waals surface area contributed by atoms with Crippen LogP contribution >= 0.6 is 0 Å². The molecule has 0 aliphatic carbocycles. The molecule has 2 aromatic carbocycles. The van der Waals surface area contributed by atoms with Crippen LogP contribution in [0.15, 0.2) is 36.4 Å². The number of anilines is 1. The molecule has 2 aromatic rings. The maximum atomic E-state index is 12.7. The standard InChI is InChI=1S/C18H17NO5/c1-2-19-13-5-4-12(20)9-15(13)24-17(18(19)21)8-11-3-6-14-16(7-11)23-10-22-14/h3-7,9,17,20H,2,8,10H2,1H3.